The van der Waals surface area contributed by atoms with Crippen LogP contribution in [-0.4, -0.2) is 28.9 Å². The highest BCUT2D eigenvalue weighted by Crippen LogP contribution is 2.29. The maximum absolute atomic E-state index is 13.8. The lowest BCUT2D eigenvalue weighted by molar-refractivity contribution is -0.385. The molecule has 2 aromatic carbocycles. The lowest BCUT2D eigenvalue weighted by atomic mass is 10.1. The second kappa shape index (κ2) is 7.24. The number of benzene rings is 2. The van der Waals surface area contributed by atoms with E-state index < -0.39 is 22.7 Å². The van der Waals surface area contributed by atoms with Crippen LogP contribution in [0.25, 0.3) is 6.08 Å². The molecule has 3 amide bonds. The molecule has 1 heterocycles. The van der Waals surface area contributed by atoms with Gasteiger partial charge >= 0.3 is 11.7 Å². The highest BCUT2D eigenvalue weighted by molar-refractivity contribution is 6.13. The number of nitro benzene ring substituents is 1. The van der Waals surface area contributed by atoms with Crippen LogP contribution in [0.1, 0.15) is 11.1 Å². The molecule has 0 unspecified atom stereocenters. The Morgan fingerprint density at radius 1 is 1.26 bits per heavy atom. The van der Waals surface area contributed by atoms with Crippen molar-refractivity contribution < 1.29 is 23.6 Å². The van der Waals surface area contributed by atoms with Crippen LogP contribution in [0.15, 0.2) is 48.2 Å². The number of imide groups is 1. The van der Waals surface area contributed by atoms with E-state index >= 15 is 0 Å². The van der Waals surface area contributed by atoms with E-state index in [1.165, 1.54) is 49.6 Å². The topological polar surface area (TPSA) is 102 Å². The molecule has 0 atom stereocenters. The number of nitrogens with zero attached hydrogens (tertiary/aromatic N) is 2. The Kier molecular flexibility index (Phi) is 4.84. The third-order valence-corrected chi connectivity index (χ3v) is 3.96. The van der Waals surface area contributed by atoms with Gasteiger partial charge in [0.2, 0.25) is 0 Å². The molecule has 3 rings (SSSR count). The average molecular weight is 371 g/mol. The first-order valence-electron chi connectivity index (χ1n) is 7.81. The number of carbonyl (C=O) groups is 2. The molecule has 0 radical (unpaired) electrons. The predicted octanol–water partition coefficient (Wildman–Crippen LogP) is 2.84. The molecule has 1 N–H and O–H groups in total. The Hall–Kier alpha value is -3.75. The summed E-state index contributed by atoms with van der Waals surface area (Å²) in [4.78, 5) is 35.9. The smallest absolute Gasteiger partial charge is 0.329 e. The van der Waals surface area contributed by atoms with Crippen molar-refractivity contribution in [3.63, 3.8) is 0 Å². The maximum Gasteiger partial charge on any atom is 0.329 e. The first-order chi connectivity index (χ1) is 12.9. The number of hydrogen-bond donors (Lipinski definition) is 1. The minimum absolute atomic E-state index is 0.0594. The van der Waals surface area contributed by atoms with Crippen LogP contribution in [0.2, 0.25) is 0 Å². The Morgan fingerprint density at radius 3 is 2.67 bits per heavy atom. The second-order valence-corrected chi connectivity index (χ2v) is 5.66. The monoisotopic (exact) mass is 371 g/mol. The van der Waals surface area contributed by atoms with Gasteiger partial charge in [0.1, 0.15) is 11.5 Å². The number of nitrogens with one attached hydrogen (secondary N) is 1. The number of methoxy groups -OCH3 is 1. The van der Waals surface area contributed by atoms with Crippen LogP contribution >= 0.6 is 0 Å². The van der Waals surface area contributed by atoms with Gasteiger partial charge in [0.05, 0.1) is 18.6 Å². The van der Waals surface area contributed by atoms with Gasteiger partial charge in [-0.2, -0.15) is 0 Å². The first kappa shape index (κ1) is 18.1. The zero-order valence-corrected chi connectivity index (χ0v) is 14.1. The van der Waals surface area contributed by atoms with E-state index in [4.69, 9.17) is 4.74 Å². The Morgan fingerprint density at radius 2 is 2.00 bits per heavy atom. The summed E-state index contributed by atoms with van der Waals surface area (Å²) in [7, 11) is 1.31. The number of hydrogen-bond acceptors (Lipinski definition) is 5. The molecule has 2 aromatic rings. The second-order valence-electron chi connectivity index (χ2n) is 5.66. The van der Waals surface area contributed by atoms with Gasteiger partial charge in [-0.3, -0.25) is 19.8 Å². The van der Waals surface area contributed by atoms with Gasteiger partial charge in [-0.05, 0) is 23.8 Å². The molecule has 27 heavy (non-hydrogen) atoms. The van der Waals surface area contributed by atoms with Crippen molar-refractivity contribution in [3.8, 4) is 5.75 Å². The van der Waals surface area contributed by atoms with E-state index in [0.29, 0.717) is 5.56 Å². The van der Waals surface area contributed by atoms with E-state index in [9.17, 15) is 24.1 Å². The van der Waals surface area contributed by atoms with Crippen molar-refractivity contribution in [3.05, 3.63) is 75.2 Å². The number of carbonyl (C=O) groups excluding carboxylic acids is 2. The fourth-order valence-corrected chi connectivity index (χ4v) is 2.62. The van der Waals surface area contributed by atoms with Gasteiger partial charge in [0, 0.05) is 11.6 Å². The molecule has 1 aliphatic heterocycles. The summed E-state index contributed by atoms with van der Waals surface area (Å²) >= 11 is 0. The molecular weight excluding hydrogens is 357 g/mol. The minimum Gasteiger partial charge on any atom is -0.490 e. The third-order valence-electron chi connectivity index (χ3n) is 3.96. The molecule has 0 spiro atoms. The molecular formula is C18H14FN3O5. The van der Waals surface area contributed by atoms with Gasteiger partial charge in [-0.15, -0.1) is 0 Å². The summed E-state index contributed by atoms with van der Waals surface area (Å²) in [5.74, 6) is -1.10. The number of ether oxygens (including phenoxy) is 1. The number of amides is 3. The van der Waals surface area contributed by atoms with E-state index in [1.54, 1.807) is 6.07 Å². The molecule has 0 aliphatic carbocycles. The summed E-state index contributed by atoms with van der Waals surface area (Å²) in [6.45, 7) is -0.225. The van der Waals surface area contributed by atoms with Gasteiger partial charge < -0.3 is 10.1 Å². The molecule has 0 bridgehead atoms. The van der Waals surface area contributed by atoms with Crippen LogP contribution in [-0.2, 0) is 11.3 Å². The van der Waals surface area contributed by atoms with Crippen LogP contribution < -0.4 is 10.1 Å². The van der Waals surface area contributed by atoms with E-state index in [2.05, 4.69) is 5.32 Å². The highest BCUT2D eigenvalue weighted by atomic mass is 19.1. The quantitative estimate of drug-likeness (QED) is 0.377. The normalized spacial score (nSPS) is 15.2. The van der Waals surface area contributed by atoms with Crippen LogP contribution in [0.4, 0.5) is 14.9 Å². The molecule has 0 aromatic heterocycles. The fraction of sp³-hybridized carbons (Fsp3) is 0.111. The Balaban J connectivity index is 1.87. The van der Waals surface area contributed by atoms with Crippen molar-refractivity contribution in [1.82, 2.24) is 10.2 Å². The molecule has 1 saturated heterocycles. The summed E-state index contributed by atoms with van der Waals surface area (Å²) in [5.41, 5.74) is 0.198. The first-order valence-corrected chi connectivity index (χ1v) is 7.81. The van der Waals surface area contributed by atoms with Crippen molar-refractivity contribution in [2.75, 3.05) is 7.11 Å². The minimum atomic E-state index is -0.697. The number of rotatable bonds is 5. The van der Waals surface area contributed by atoms with Gasteiger partial charge in [-0.1, -0.05) is 24.3 Å². The average Bonchev–Trinajstić information content (AvgIpc) is 2.90. The zero-order valence-electron chi connectivity index (χ0n) is 14.1. The van der Waals surface area contributed by atoms with E-state index in [0.717, 1.165) is 4.90 Å². The summed E-state index contributed by atoms with van der Waals surface area (Å²) in [6, 6.07) is 9.26. The van der Waals surface area contributed by atoms with Crippen LogP contribution in [0, 0.1) is 15.9 Å². The lowest BCUT2D eigenvalue weighted by Crippen LogP contribution is -2.30. The number of halogens is 1. The Bertz CT molecular complexity index is 973. The van der Waals surface area contributed by atoms with Gasteiger partial charge in [-0.25, -0.2) is 9.18 Å². The summed E-state index contributed by atoms with van der Waals surface area (Å²) < 4.78 is 18.7. The molecule has 1 fully saturated rings. The summed E-state index contributed by atoms with van der Waals surface area (Å²) in [5, 5.41) is 13.5. The SMILES string of the molecule is COc1ccc(C=C2NC(=O)N(Cc3ccccc3F)C2=O)cc1[N+](=O)[O-]. The predicted molar refractivity (Wildman–Crippen MR) is 93.1 cm³/mol. The zero-order chi connectivity index (χ0) is 19.6. The van der Waals surface area contributed by atoms with Crippen LogP contribution in [0.3, 0.4) is 0 Å². The van der Waals surface area contributed by atoms with Gasteiger partial charge in [0.25, 0.3) is 5.91 Å². The molecule has 8 nitrogen and oxygen atoms in total. The number of urea groups is 1. The standard InChI is InChI=1S/C18H14FN3O5/c1-27-16-7-6-11(9-15(16)22(25)26)8-14-17(23)21(18(24)20-14)10-12-4-2-3-5-13(12)19/h2-9H,10H2,1H3,(H,20,24). The Labute approximate surface area is 153 Å². The van der Waals surface area contributed by atoms with Crippen molar-refractivity contribution in [1.29, 1.82) is 0 Å². The molecule has 9 heteroatoms. The fourth-order valence-electron chi connectivity index (χ4n) is 2.62. The van der Waals surface area contributed by atoms with E-state index in [1.807, 2.05) is 0 Å². The van der Waals surface area contributed by atoms with E-state index in [-0.39, 0.29) is 29.2 Å². The molecule has 0 saturated carbocycles. The van der Waals surface area contributed by atoms with Crippen molar-refractivity contribution in [2.45, 2.75) is 6.54 Å². The largest absolute Gasteiger partial charge is 0.490 e. The van der Waals surface area contributed by atoms with Crippen molar-refractivity contribution in [2.24, 2.45) is 0 Å². The lowest BCUT2D eigenvalue weighted by Gasteiger charge is -2.12. The van der Waals surface area contributed by atoms with Crippen LogP contribution in [0.5, 0.6) is 5.75 Å². The number of nitro groups is 1. The molecule has 1 aliphatic rings. The van der Waals surface area contributed by atoms with Crippen molar-refractivity contribution >= 4 is 23.7 Å². The molecule has 138 valence electrons. The highest BCUT2D eigenvalue weighted by Gasteiger charge is 2.34. The summed E-state index contributed by atoms with van der Waals surface area (Å²) in [6.07, 6.45) is 1.31. The maximum atomic E-state index is 13.8. The third kappa shape index (κ3) is 3.61. The van der Waals surface area contributed by atoms with Gasteiger partial charge in [0.15, 0.2) is 5.75 Å².